The molecule has 22 heavy (non-hydrogen) atoms. The van der Waals surface area contributed by atoms with E-state index in [0.717, 1.165) is 28.6 Å². The van der Waals surface area contributed by atoms with Crippen molar-refractivity contribution in [2.45, 2.75) is 13.0 Å². The first-order valence-electron chi connectivity index (χ1n) is 7.26. The van der Waals surface area contributed by atoms with Crippen LogP contribution in [0.3, 0.4) is 0 Å². The van der Waals surface area contributed by atoms with Gasteiger partial charge in [0.1, 0.15) is 12.4 Å². The Morgan fingerprint density at radius 3 is 2.77 bits per heavy atom. The summed E-state index contributed by atoms with van der Waals surface area (Å²) in [4.78, 5) is 12.1. The van der Waals surface area contributed by atoms with Gasteiger partial charge in [-0.2, -0.15) is 0 Å². The van der Waals surface area contributed by atoms with Gasteiger partial charge in [-0.05, 0) is 17.7 Å². The number of hydrogen-bond donors (Lipinski definition) is 0. The predicted octanol–water partition coefficient (Wildman–Crippen LogP) is 3.64. The molecule has 0 saturated carbocycles. The van der Waals surface area contributed by atoms with Gasteiger partial charge >= 0.3 is 0 Å². The molecule has 1 aliphatic heterocycles. The minimum absolute atomic E-state index is 0.00928. The number of benzene rings is 2. The van der Waals surface area contributed by atoms with Crippen LogP contribution in [0.2, 0.25) is 5.02 Å². The molecule has 3 aromatic rings. The number of hydrogen-bond acceptors (Lipinski definition) is 2. The van der Waals surface area contributed by atoms with Crippen molar-refractivity contribution in [3.8, 4) is 5.75 Å². The Morgan fingerprint density at radius 1 is 1.14 bits per heavy atom. The van der Waals surface area contributed by atoms with E-state index in [1.807, 2.05) is 24.3 Å². The fourth-order valence-electron chi connectivity index (χ4n) is 3.03. The maximum absolute atomic E-state index is 12.1. The van der Waals surface area contributed by atoms with Gasteiger partial charge in [0.15, 0.2) is 0 Å². The monoisotopic (exact) mass is 311 g/mol. The molecule has 1 aliphatic rings. The van der Waals surface area contributed by atoms with Crippen LogP contribution < -0.4 is 10.3 Å². The zero-order valence-electron chi connectivity index (χ0n) is 11.9. The van der Waals surface area contributed by atoms with E-state index in [1.54, 1.807) is 16.7 Å². The highest BCUT2D eigenvalue weighted by molar-refractivity contribution is 6.35. The fraction of sp³-hybridized carbons (Fsp3) is 0.167. The van der Waals surface area contributed by atoms with Gasteiger partial charge in [-0.1, -0.05) is 41.9 Å². The smallest absolute Gasteiger partial charge is 0.251 e. The molecule has 4 heteroatoms. The minimum Gasteiger partial charge on any atom is -0.489 e. The molecule has 0 fully saturated rings. The lowest BCUT2D eigenvalue weighted by Crippen LogP contribution is -2.27. The van der Waals surface area contributed by atoms with Crippen LogP contribution in [0.5, 0.6) is 5.75 Å². The summed E-state index contributed by atoms with van der Waals surface area (Å²) in [5.74, 6) is 0.784. The third-order valence-corrected chi connectivity index (χ3v) is 4.36. The highest BCUT2D eigenvalue weighted by Crippen LogP contribution is 2.37. The first-order chi connectivity index (χ1) is 10.7. The van der Waals surface area contributed by atoms with Crippen molar-refractivity contribution in [1.29, 1.82) is 0 Å². The lowest BCUT2D eigenvalue weighted by molar-refractivity contribution is 0.282. The second kappa shape index (κ2) is 5.18. The molecule has 3 nitrogen and oxygen atoms in total. The standard InChI is InChI=1S/C18H14ClNO2/c19-15-11-13(10-12-4-2-1-3-5-12)18-17-14(15)6-7-16(21)20(17)8-9-22-18/h1-7,11H,8-10H2. The Bertz CT molecular complexity index is 916. The average molecular weight is 312 g/mol. The van der Waals surface area contributed by atoms with E-state index < -0.39 is 0 Å². The molecule has 4 rings (SSSR count). The Morgan fingerprint density at radius 2 is 1.95 bits per heavy atom. The molecule has 2 aromatic carbocycles. The molecule has 0 amide bonds. The molecule has 0 N–H and O–H groups in total. The van der Waals surface area contributed by atoms with Crippen LogP contribution in [0.4, 0.5) is 0 Å². The summed E-state index contributed by atoms with van der Waals surface area (Å²) in [7, 11) is 0. The van der Waals surface area contributed by atoms with Crippen LogP contribution in [-0.2, 0) is 13.0 Å². The lowest BCUT2D eigenvalue weighted by atomic mass is 10.0. The zero-order chi connectivity index (χ0) is 15.1. The Kier molecular flexibility index (Phi) is 3.16. The molecule has 2 heterocycles. The maximum Gasteiger partial charge on any atom is 0.251 e. The summed E-state index contributed by atoms with van der Waals surface area (Å²) in [6.45, 7) is 1.07. The van der Waals surface area contributed by atoms with Crippen LogP contribution in [-0.4, -0.2) is 11.2 Å². The van der Waals surface area contributed by atoms with E-state index in [0.29, 0.717) is 18.2 Å². The van der Waals surface area contributed by atoms with Gasteiger partial charge in [0.25, 0.3) is 5.56 Å². The largest absolute Gasteiger partial charge is 0.489 e. The van der Waals surface area contributed by atoms with Crippen molar-refractivity contribution in [2.24, 2.45) is 0 Å². The van der Waals surface area contributed by atoms with Gasteiger partial charge in [-0.25, -0.2) is 0 Å². The maximum atomic E-state index is 12.1. The van der Waals surface area contributed by atoms with Crippen molar-refractivity contribution in [2.75, 3.05) is 6.61 Å². The van der Waals surface area contributed by atoms with Crippen molar-refractivity contribution in [3.63, 3.8) is 0 Å². The van der Waals surface area contributed by atoms with E-state index in [2.05, 4.69) is 12.1 Å². The SMILES string of the molecule is O=c1ccc2c(Cl)cc(Cc3ccccc3)c3c2n1CCO3. The topological polar surface area (TPSA) is 31.2 Å². The molecule has 0 bridgehead atoms. The van der Waals surface area contributed by atoms with Crippen molar-refractivity contribution >= 4 is 22.5 Å². The summed E-state index contributed by atoms with van der Waals surface area (Å²) in [6.07, 6.45) is 0.731. The van der Waals surface area contributed by atoms with E-state index in [9.17, 15) is 4.79 Å². The Labute approximate surface area is 132 Å². The van der Waals surface area contributed by atoms with Crippen LogP contribution in [0.25, 0.3) is 10.9 Å². The number of pyridine rings is 1. The molecular formula is C18H14ClNO2. The second-order valence-corrected chi connectivity index (χ2v) is 5.85. The molecule has 1 aromatic heterocycles. The number of aromatic nitrogens is 1. The second-order valence-electron chi connectivity index (χ2n) is 5.44. The van der Waals surface area contributed by atoms with Crippen LogP contribution in [0.15, 0.2) is 53.3 Å². The third-order valence-electron chi connectivity index (χ3n) is 4.05. The first kappa shape index (κ1) is 13.4. The normalized spacial score (nSPS) is 13.1. The van der Waals surface area contributed by atoms with E-state index in [4.69, 9.17) is 16.3 Å². The average Bonchev–Trinajstić information content (AvgIpc) is 2.54. The number of halogens is 1. The summed E-state index contributed by atoms with van der Waals surface area (Å²) in [5.41, 5.74) is 3.01. The van der Waals surface area contributed by atoms with Gasteiger partial charge < -0.3 is 9.30 Å². The summed E-state index contributed by atoms with van der Waals surface area (Å²) in [5, 5.41) is 1.52. The molecule has 0 radical (unpaired) electrons. The minimum atomic E-state index is -0.00928. The molecule has 110 valence electrons. The quantitative estimate of drug-likeness (QED) is 0.723. The van der Waals surface area contributed by atoms with E-state index in [-0.39, 0.29) is 5.56 Å². The van der Waals surface area contributed by atoms with Crippen molar-refractivity contribution in [1.82, 2.24) is 4.57 Å². The van der Waals surface area contributed by atoms with Gasteiger partial charge in [0.2, 0.25) is 0 Å². The molecule has 0 atom stereocenters. The first-order valence-corrected chi connectivity index (χ1v) is 7.63. The van der Waals surface area contributed by atoms with E-state index >= 15 is 0 Å². The fourth-order valence-corrected chi connectivity index (χ4v) is 3.32. The Hall–Kier alpha value is -2.26. The molecular weight excluding hydrogens is 298 g/mol. The van der Waals surface area contributed by atoms with Crippen LogP contribution >= 0.6 is 11.6 Å². The number of nitrogens with zero attached hydrogens (tertiary/aromatic N) is 1. The van der Waals surface area contributed by atoms with Crippen LogP contribution in [0, 0.1) is 0 Å². The van der Waals surface area contributed by atoms with Gasteiger partial charge in [-0.3, -0.25) is 4.79 Å². The van der Waals surface area contributed by atoms with Crippen LogP contribution in [0.1, 0.15) is 11.1 Å². The molecule has 0 aliphatic carbocycles. The summed E-state index contributed by atoms with van der Waals surface area (Å²) in [6, 6.07) is 15.5. The zero-order valence-corrected chi connectivity index (χ0v) is 12.6. The van der Waals surface area contributed by atoms with Gasteiger partial charge in [0, 0.05) is 23.4 Å². The Balaban J connectivity index is 1.97. The van der Waals surface area contributed by atoms with Gasteiger partial charge in [0.05, 0.1) is 17.1 Å². The third kappa shape index (κ3) is 2.09. The molecule has 0 spiro atoms. The number of rotatable bonds is 2. The molecule has 0 unspecified atom stereocenters. The van der Waals surface area contributed by atoms with Gasteiger partial charge in [-0.15, -0.1) is 0 Å². The van der Waals surface area contributed by atoms with Crippen molar-refractivity contribution < 1.29 is 4.74 Å². The predicted molar refractivity (Wildman–Crippen MR) is 88.0 cm³/mol. The van der Waals surface area contributed by atoms with Crippen molar-refractivity contribution in [3.05, 3.63) is 75.0 Å². The molecule has 0 saturated heterocycles. The van der Waals surface area contributed by atoms with E-state index in [1.165, 1.54) is 5.56 Å². The number of ether oxygens (including phenoxy) is 1. The summed E-state index contributed by atoms with van der Waals surface area (Å²) >= 11 is 6.43. The lowest BCUT2D eigenvalue weighted by Gasteiger charge is -2.23. The summed E-state index contributed by atoms with van der Waals surface area (Å²) < 4.78 is 7.65. The highest BCUT2D eigenvalue weighted by atomic mass is 35.5. The highest BCUT2D eigenvalue weighted by Gasteiger charge is 2.20.